The second-order valence-electron chi connectivity index (χ2n) is 17.0. The van der Waals surface area contributed by atoms with E-state index in [1.54, 1.807) is 11.6 Å². The zero-order valence-corrected chi connectivity index (χ0v) is 33.6. The first-order valence-corrected chi connectivity index (χ1v) is 20.7. The standard InChI is InChI=1S/C42H45F3N10O6/c1-52-30-21-24(4-6-28(30)55(40(52)60)29-7-9-32(56)47-37(29)59)3-2-16-53-17-19-54(20-18-53)31-8-5-27(49-50-31)38-48-39(51-61-38)42-13-10-41(11-14-42,12-15-42)23-46-36(58)25-22-26(43)35(57)34(45)33(25)44/h4-6,8,21-22,29,57H,2-3,7,9-20,23H2,1H3,(H,46,58)(H,47,56,59)/t29-,41?,42?/m1/s1. The molecule has 5 aliphatic rings. The minimum absolute atomic E-state index is 0.199. The maximum atomic E-state index is 14.3. The number of halogens is 3. The van der Waals surface area contributed by atoms with Gasteiger partial charge in [0.05, 0.1) is 16.6 Å². The molecule has 320 valence electrons. The molecule has 0 spiro atoms. The van der Waals surface area contributed by atoms with E-state index in [2.05, 4.69) is 35.8 Å². The highest BCUT2D eigenvalue weighted by atomic mass is 19.2. The molecule has 2 aromatic carbocycles. The predicted octanol–water partition coefficient (Wildman–Crippen LogP) is 4.06. The number of benzene rings is 2. The number of hydrogen-bond acceptors (Lipinski definition) is 12. The summed E-state index contributed by atoms with van der Waals surface area (Å²) in [5.41, 5.74) is 1.40. The van der Waals surface area contributed by atoms with Crippen LogP contribution in [0.3, 0.4) is 0 Å². The lowest BCUT2D eigenvalue weighted by Gasteiger charge is -2.52. The zero-order valence-electron chi connectivity index (χ0n) is 33.6. The van der Waals surface area contributed by atoms with E-state index in [0.717, 1.165) is 101 Å². The molecule has 3 saturated carbocycles. The van der Waals surface area contributed by atoms with E-state index in [1.165, 1.54) is 4.57 Å². The minimum atomic E-state index is -1.79. The number of nitrogens with zero attached hydrogens (tertiary/aromatic N) is 8. The number of imide groups is 1. The molecule has 3 amide bonds. The van der Waals surface area contributed by atoms with Crippen molar-refractivity contribution >= 4 is 34.6 Å². The van der Waals surface area contributed by atoms with Crippen molar-refractivity contribution in [1.29, 1.82) is 0 Å². The highest BCUT2D eigenvalue weighted by Crippen LogP contribution is 2.57. The number of rotatable bonds is 11. The Morgan fingerprint density at radius 1 is 0.951 bits per heavy atom. The van der Waals surface area contributed by atoms with Crippen LogP contribution in [-0.4, -0.2) is 96.5 Å². The first-order valence-electron chi connectivity index (χ1n) is 20.7. The fourth-order valence-electron chi connectivity index (χ4n) is 9.63. The molecule has 10 rings (SSSR count). The number of nitrogens with one attached hydrogen (secondary N) is 2. The van der Waals surface area contributed by atoms with Crippen LogP contribution in [0.1, 0.15) is 85.6 Å². The average molecular weight is 843 g/mol. The molecule has 61 heavy (non-hydrogen) atoms. The lowest BCUT2D eigenvalue weighted by atomic mass is 9.53. The van der Waals surface area contributed by atoms with Gasteiger partial charge in [0.25, 0.3) is 11.8 Å². The number of aromatic nitrogens is 6. The van der Waals surface area contributed by atoms with Crippen LogP contribution in [0.15, 0.2) is 45.7 Å². The average Bonchev–Trinajstić information content (AvgIpc) is 3.88. The molecule has 3 aromatic heterocycles. The maximum Gasteiger partial charge on any atom is 0.329 e. The van der Waals surface area contributed by atoms with Crippen LogP contribution < -0.4 is 21.2 Å². The Bertz CT molecular complexity index is 2580. The molecule has 5 heterocycles. The highest BCUT2D eigenvalue weighted by Gasteiger charge is 2.51. The van der Waals surface area contributed by atoms with Crippen molar-refractivity contribution in [3.63, 3.8) is 0 Å². The summed E-state index contributed by atoms with van der Waals surface area (Å²) in [5, 5.41) is 27.6. The normalized spacial score (nSPS) is 23.1. The van der Waals surface area contributed by atoms with E-state index < -0.39 is 46.6 Å². The molecule has 2 aliphatic heterocycles. The summed E-state index contributed by atoms with van der Waals surface area (Å²) in [6.07, 6.45) is 6.73. The summed E-state index contributed by atoms with van der Waals surface area (Å²) in [5.74, 6) is -6.31. The van der Waals surface area contributed by atoms with Gasteiger partial charge in [0.2, 0.25) is 17.6 Å². The molecule has 3 N–H and O–H groups in total. The number of carbonyl (C=O) groups excluding carboxylic acids is 3. The summed E-state index contributed by atoms with van der Waals surface area (Å²) in [6.45, 7) is 4.45. The van der Waals surface area contributed by atoms with Gasteiger partial charge in [0.15, 0.2) is 34.7 Å². The number of piperazine rings is 1. The number of hydrogen-bond donors (Lipinski definition) is 3. The summed E-state index contributed by atoms with van der Waals surface area (Å²) in [6, 6.07) is 9.45. The number of anilines is 1. The molecule has 19 heteroatoms. The number of aryl methyl sites for hydroxylation is 2. The van der Waals surface area contributed by atoms with Gasteiger partial charge in [-0.2, -0.15) is 9.37 Å². The molecule has 2 bridgehead atoms. The number of imidazole rings is 1. The summed E-state index contributed by atoms with van der Waals surface area (Å²) < 4.78 is 50.7. The zero-order chi connectivity index (χ0) is 42.6. The summed E-state index contributed by atoms with van der Waals surface area (Å²) in [7, 11) is 1.70. The van der Waals surface area contributed by atoms with E-state index in [1.807, 2.05) is 30.3 Å². The second kappa shape index (κ2) is 15.7. The van der Waals surface area contributed by atoms with Crippen LogP contribution in [-0.2, 0) is 28.5 Å². The van der Waals surface area contributed by atoms with Gasteiger partial charge in [-0.3, -0.25) is 33.7 Å². The molecule has 2 saturated heterocycles. The lowest BCUT2D eigenvalue weighted by molar-refractivity contribution is -0.135. The molecule has 5 fully saturated rings. The van der Waals surface area contributed by atoms with Crippen molar-refractivity contribution < 1.29 is 37.2 Å². The summed E-state index contributed by atoms with van der Waals surface area (Å²) in [4.78, 5) is 59.3. The molecular weight excluding hydrogens is 798 g/mol. The first-order chi connectivity index (χ1) is 29.3. The SMILES string of the molecule is Cn1c(=O)n([C@@H]2CCC(=O)NC2=O)c2ccc(CCCN3CCN(c4ccc(-c5nc(C67CCC(CNC(=O)c8cc(F)c(O)c(F)c8F)(CC6)CC7)no5)nn4)CC3)cc21. The number of carbonyl (C=O) groups is 3. The van der Waals surface area contributed by atoms with E-state index in [-0.39, 0.29) is 41.3 Å². The lowest BCUT2D eigenvalue weighted by Crippen LogP contribution is -2.49. The Labute approximate surface area is 347 Å². The van der Waals surface area contributed by atoms with Crippen molar-refractivity contribution in [2.75, 3.05) is 44.2 Å². The van der Waals surface area contributed by atoms with Crippen LogP contribution in [0, 0.1) is 22.9 Å². The van der Waals surface area contributed by atoms with Gasteiger partial charge in [-0.1, -0.05) is 11.2 Å². The van der Waals surface area contributed by atoms with Gasteiger partial charge in [0.1, 0.15) is 6.04 Å². The largest absolute Gasteiger partial charge is 0.503 e. The van der Waals surface area contributed by atoms with Crippen LogP contribution in [0.4, 0.5) is 19.0 Å². The quantitative estimate of drug-likeness (QED) is 0.128. The first kappa shape index (κ1) is 40.3. The van der Waals surface area contributed by atoms with Gasteiger partial charge < -0.3 is 19.8 Å². The number of phenols is 1. The number of aromatic hydroxyl groups is 1. The van der Waals surface area contributed by atoms with Gasteiger partial charge in [-0.05, 0) is 106 Å². The second-order valence-corrected chi connectivity index (χ2v) is 17.0. The van der Waals surface area contributed by atoms with Crippen LogP contribution in [0.25, 0.3) is 22.6 Å². The van der Waals surface area contributed by atoms with E-state index in [4.69, 9.17) is 9.51 Å². The number of amides is 3. The molecule has 5 aromatic rings. The Balaban J connectivity index is 0.744. The van der Waals surface area contributed by atoms with Gasteiger partial charge in [-0.25, -0.2) is 13.6 Å². The van der Waals surface area contributed by atoms with Gasteiger partial charge in [-0.15, -0.1) is 10.2 Å². The van der Waals surface area contributed by atoms with Crippen molar-refractivity contribution in [2.24, 2.45) is 12.5 Å². The van der Waals surface area contributed by atoms with Crippen molar-refractivity contribution in [1.82, 2.24) is 45.0 Å². The van der Waals surface area contributed by atoms with Crippen LogP contribution in [0.2, 0.25) is 0 Å². The smallest absolute Gasteiger partial charge is 0.329 e. The summed E-state index contributed by atoms with van der Waals surface area (Å²) >= 11 is 0. The number of fused-ring (bicyclic) bond motifs is 4. The third-order valence-electron chi connectivity index (χ3n) is 13.5. The van der Waals surface area contributed by atoms with E-state index >= 15 is 0 Å². The fraction of sp³-hybridized carbons (Fsp3) is 0.476. The van der Waals surface area contributed by atoms with Crippen molar-refractivity contribution in [3.05, 3.63) is 81.3 Å². The Morgan fingerprint density at radius 2 is 1.70 bits per heavy atom. The topological polar surface area (TPSA) is 194 Å². The fourth-order valence-corrected chi connectivity index (χ4v) is 9.63. The molecule has 3 aliphatic carbocycles. The van der Waals surface area contributed by atoms with Crippen LogP contribution >= 0.6 is 0 Å². The van der Waals surface area contributed by atoms with Gasteiger partial charge in [0, 0.05) is 51.6 Å². The van der Waals surface area contributed by atoms with E-state index in [9.17, 15) is 37.5 Å². The van der Waals surface area contributed by atoms with Crippen molar-refractivity contribution in [2.45, 2.75) is 75.7 Å². The number of phenolic OH excluding ortho intramolecular Hbond substituents is 1. The minimum Gasteiger partial charge on any atom is -0.503 e. The van der Waals surface area contributed by atoms with Crippen LogP contribution in [0.5, 0.6) is 5.75 Å². The molecular formula is C42H45F3N10O6. The highest BCUT2D eigenvalue weighted by molar-refractivity contribution is 6.00. The number of piperidine rings is 1. The molecule has 16 nitrogen and oxygen atoms in total. The van der Waals surface area contributed by atoms with E-state index in [0.29, 0.717) is 29.5 Å². The molecule has 0 radical (unpaired) electrons. The van der Waals surface area contributed by atoms with Crippen molar-refractivity contribution in [3.8, 4) is 17.3 Å². The predicted molar refractivity (Wildman–Crippen MR) is 213 cm³/mol. The Hall–Kier alpha value is -6.11. The third-order valence-corrected chi connectivity index (χ3v) is 13.5. The Morgan fingerprint density at radius 3 is 2.41 bits per heavy atom. The third kappa shape index (κ3) is 7.41. The van der Waals surface area contributed by atoms with Gasteiger partial charge >= 0.3 is 5.69 Å². The molecule has 1 atom stereocenters. The monoisotopic (exact) mass is 842 g/mol. The maximum absolute atomic E-state index is 14.3. The Kier molecular flexibility index (Phi) is 10.4. The molecule has 0 unspecified atom stereocenters.